The predicted octanol–water partition coefficient (Wildman–Crippen LogP) is 2.53. The Morgan fingerprint density at radius 3 is 2.76 bits per heavy atom. The summed E-state index contributed by atoms with van der Waals surface area (Å²) in [5, 5.41) is 3.51. The Hall–Kier alpha value is -1.92. The van der Waals surface area contributed by atoms with E-state index in [4.69, 9.17) is 4.74 Å². The molecule has 110 valence electrons. The summed E-state index contributed by atoms with van der Waals surface area (Å²) in [6, 6.07) is 7.49. The van der Waals surface area contributed by atoms with Gasteiger partial charge >= 0.3 is 0 Å². The quantitative estimate of drug-likeness (QED) is 0.946. The van der Waals surface area contributed by atoms with Crippen molar-refractivity contribution in [3.63, 3.8) is 0 Å². The highest BCUT2D eigenvalue weighted by Gasteiger charge is 2.17. The zero-order chi connectivity index (χ0) is 14.8. The average molecular weight is 303 g/mol. The minimum atomic E-state index is -0.132. The second-order valence-electron chi connectivity index (χ2n) is 5.09. The van der Waals surface area contributed by atoms with Gasteiger partial charge in [-0.25, -0.2) is 4.98 Å². The molecule has 1 aliphatic rings. The topological polar surface area (TPSA) is 54.5 Å². The molecule has 0 saturated carbocycles. The van der Waals surface area contributed by atoms with E-state index in [1.807, 2.05) is 43.3 Å². The molecular weight excluding hydrogens is 286 g/mol. The highest BCUT2D eigenvalue weighted by Crippen LogP contribution is 2.27. The lowest BCUT2D eigenvalue weighted by Gasteiger charge is -2.12. The number of carbonyl (C=O) groups is 1. The second-order valence-corrected chi connectivity index (χ2v) is 6.17. The summed E-state index contributed by atoms with van der Waals surface area (Å²) >= 11 is 1.49. The fraction of sp³-hybridized carbons (Fsp3) is 0.333. The maximum absolute atomic E-state index is 12.2. The van der Waals surface area contributed by atoms with Crippen LogP contribution in [0.25, 0.3) is 0 Å². The van der Waals surface area contributed by atoms with E-state index >= 15 is 0 Å². The molecule has 0 unspecified atom stereocenters. The first-order valence-electron chi connectivity index (χ1n) is 6.78. The van der Waals surface area contributed by atoms with Gasteiger partial charge in [-0.05, 0) is 24.3 Å². The molecule has 2 heterocycles. The van der Waals surface area contributed by atoms with Crippen molar-refractivity contribution < 1.29 is 9.53 Å². The Morgan fingerprint density at radius 2 is 2.10 bits per heavy atom. The Balaban J connectivity index is 1.72. The van der Waals surface area contributed by atoms with Gasteiger partial charge in [0.05, 0.1) is 23.8 Å². The minimum Gasteiger partial charge on any atom is -0.378 e. The predicted molar refractivity (Wildman–Crippen MR) is 84.2 cm³/mol. The van der Waals surface area contributed by atoms with Crippen LogP contribution >= 0.6 is 11.3 Å². The van der Waals surface area contributed by atoms with Crippen LogP contribution in [0.2, 0.25) is 0 Å². The fourth-order valence-corrected chi connectivity index (χ4v) is 3.10. The molecule has 0 spiro atoms. The van der Waals surface area contributed by atoms with Crippen LogP contribution in [0.5, 0.6) is 0 Å². The molecule has 0 saturated heterocycles. The van der Waals surface area contributed by atoms with Gasteiger partial charge in [0.1, 0.15) is 0 Å². The number of anilines is 2. The number of thiazole rings is 1. The number of nitrogens with one attached hydrogen (secondary N) is 1. The minimum absolute atomic E-state index is 0.132. The van der Waals surface area contributed by atoms with E-state index in [1.54, 1.807) is 0 Å². The average Bonchev–Trinajstić information content (AvgIpc) is 2.89. The number of hydrogen-bond acceptors (Lipinski definition) is 5. The summed E-state index contributed by atoms with van der Waals surface area (Å²) in [6.45, 7) is 1.30. The van der Waals surface area contributed by atoms with E-state index in [0.717, 1.165) is 22.7 Å². The first-order chi connectivity index (χ1) is 10.1. The van der Waals surface area contributed by atoms with Crippen LogP contribution in [-0.2, 0) is 17.8 Å². The highest BCUT2D eigenvalue weighted by molar-refractivity contribution is 7.15. The van der Waals surface area contributed by atoms with E-state index in [-0.39, 0.29) is 5.91 Å². The van der Waals surface area contributed by atoms with Crippen molar-refractivity contribution in [1.82, 2.24) is 4.98 Å². The third-order valence-electron chi connectivity index (χ3n) is 3.36. The molecule has 0 fully saturated rings. The number of hydrogen-bond donors (Lipinski definition) is 1. The largest absolute Gasteiger partial charge is 0.378 e. The van der Waals surface area contributed by atoms with Crippen LogP contribution < -0.4 is 10.2 Å². The van der Waals surface area contributed by atoms with Gasteiger partial charge in [0.25, 0.3) is 5.91 Å². The van der Waals surface area contributed by atoms with Gasteiger partial charge in [0, 0.05) is 31.8 Å². The summed E-state index contributed by atoms with van der Waals surface area (Å²) in [5.41, 5.74) is 2.74. The Bertz CT molecular complexity index is 626. The molecule has 0 atom stereocenters. The standard InChI is InChI=1S/C15H17N3O2S/c1-18(2)11-5-3-10(4-6-11)14(19)17-15-16-12-7-8-20-9-13(12)21-15/h3-6H,7-9H2,1-2H3,(H,16,17,19). The molecule has 0 radical (unpaired) electrons. The van der Waals surface area contributed by atoms with Gasteiger partial charge < -0.3 is 9.64 Å². The maximum Gasteiger partial charge on any atom is 0.257 e. The van der Waals surface area contributed by atoms with Crippen LogP contribution in [0.15, 0.2) is 24.3 Å². The number of aromatic nitrogens is 1. The summed E-state index contributed by atoms with van der Waals surface area (Å²) in [7, 11) is 3.94. The highest BCUT2D eigenvalue weighted by atomic mass is 32.1. The Labute approximate surface area is 127 Å². The molecule has 0 bridgehead atoms. The van der Waals surface area contributed by atoms with Crippen LogP contribution in [0, 0.1) is 0 Å². The molecule has 0 aliphatic carbocycles. The fourth-order valence-electron chi connectivity index (χ4n) is 2.16. The number of benzene rings is 1. The van der Waals surface area contributed by atoms with Gasteiger partial charge in [-0.2, -0.15) is 0 Å². The van der Waals surface area contributed by atoms with E-state index in [1.165, 1.54) is 11.3 Å². The van der Waals surface area contributed by atoms with E-state index in [0.29, 0.717) is 23.9 Å². The third kappa shape index (κ3) is 3.06. The molecule has 21 heavy (non-hydrogen) atoms. The molecule has 1 aliphatic heterocycles. The van der Waals surface area contributed by atoms with Gasteiger partial charge in [-0.15, -0.1) is 0 Å². The van der Waals surface area contributed by atoms with Crippen molar-refractivity contribution in [2.75, 3.05) is 30.9 Å². The van der Waals surface area contributed by atoms with E-state index < -0.39 is 0 Å². The van der Waals surface area contributed by atoms with E-state index in [2.05, 4.69) is 10.3 Å². The lowest BCUT2D eigenvalue weighted by Crippen LogP contribution is -2.13. The SMILES string of the molecule is CN(C)c1ccc(C(=O)Nc2nc3c(s2)COCC3)cc1. The first-order valence-corrected chi connectivity index (χ1v) is 7.60. The molecule has 1 amide bonds. The second kappa shape index (κ2) is 5.83. The van der Waals surface area contributed by atoms with Crippen LogP contribution in [0.4, 0.5) is 10.8 Å². The van der Waals surface area contributed by atoms with Gasteiger partial charge in [0.15, 0.2) is 5.13 Å². The van der Waals surface area contributed by atoms with Gasteiger partial charge in [0.2, 0.25) is 0 Å². The summed E-state index contributed by atoms with van der Waals surface area (Å²) in [5.74, 6) is -0.132. The maximum atomic E-state index is 12.2. The van der Waals surface area contributed by atoms with Crippen molar-refractivity contribution in [2.45, 2.75) is 13.0 Å². The molecule has 6 heteroatoms. The number of amides is 1. The Kier molecular flexibility index (Phi) is 3.90. The molecule has 1 aromatic heterocycles. The molecule has 1 N–H and O–H groups in total. The number of fused-ring (bicyclic) bond motifs is 1. The zero-order valence-corrected chi connectivity index (χ0v) is 12.9. The first kappa shape index (κ1) is 14.0. The summed E-state index contributed by atoms with van der Waals surface area (Å²) in [6.07, 6.45) is 0.819. The van der Waals surface area contributed by atoms with Gasteiger partial charge in [-0.3, -0.25) is 10.1 Å². The molecule has 1 aromatic carbocycles. The molecular formula is C15H17N3O2S. The van der Waals surface area contributed by atoms with Crippen molar-refractivity contribution in [1.29, 1.82) is 0 Å². The number of ether oxygens (including phenoxy) is 1. The lowest BCUT2D eigenvalue weighted by atomic mass is 10.2. The van der Waals surface area contributed by atoms with Crippen molar-refractivity contribution in [2.24, 2.45) is 0 Å². The van der Waals surface area contributed by atoms with E-state index in [9.17, 15) is 4.79 Å². The number of carbonyl (C=O) groups excluding carboxylic acids is 1. The number of nitrogens with zero attached hydrogens (tertiary/aromatic N) is 2. The van der Waals surface area contributed by atoms with Crippen molar-refractivity contribution in [3.05, 3.63) is 40.4 Å². The Morgan fingerprint density at radius 1 is 1.33 bits per heavy atom. The lowest BCUT2D eigenvalue weighted by molar-refractivity contribution is 0.102. The third-order valence-corrected chi connectivity index (χ3v) is 4.35. The van der Waals surface area contributed by atoms with Gasteiger partial charge in [-0.1, -0.05) is 11.3 Å². The van der Waals surface area contributed by atoms with Crippen LogP contribution in [0.3, 0.4) is 0 Å². The van der Waals surface area contributed by atoms with Crippen LogP contribution in [-0.4, -0.2) is 31.6 Å². The van der Waals surface area contributed by atoms with Crippen molar-refractivity contribution in [3.8, 4) is 0 Å². The molecule has 2 aromatic rings. The monoisotopic (exact) mass is 303 g/mol. The summed E-state index contributed by atoms with van der Waals surface area (Å²) < 4.78 is 5.39. The summed E-state index contributed by atoms with van der Waals surface area (Å²) in [4.78, 5) is 19.8. The number of rotatable bonds is 3. The molecule has 3 rings (SSSR count). The van der Waals surface area contributed by atoms with Crippen LogP contribution in [0.1, 0.15) is 20.9 Å². The smallest absolute Gasteiger partial charge is 0.257 e. The zero-order valence-electron chi connectivity index (χ0n) is 12.0. The molecule has 5 nitrogen and oxygen atoms in total. The normalized spacial score (nSPS) is 13.6. The van der Waals surface area contributed by atoms with Crippen molar-refractivity contribution >= 4 is 28.1 Å².